The fourth-order valence-electron chi connectivity index (χ4n) is 4.49. The number of alkyl halides is 3. The Kier molecular flexibility index (Phi) is 3.34. The fraction of sp³-hybridized carbons (Fsp3) is 0.588. The summed E-state index contributed by atoms with van der Waals surface area (Å²) in [5.41, 5.74) is 0.797. The third kappa shape index (κ3) is 2.52. The molecule has 1 aromatic rings. The van der Waals surface area contributed by atoms with E-state index in [-0.39, 0.29) is 6.04 Å². The number of piperidine rings is 1. The number of halogens is 4. The number of amidine groups is 1. The Morgan fingerprint density at radius 2 is 1.96 bits per heavy atom. The second-order valence-corrected chi connectivity index (χ2v) is 8.22. The van der Waals surface area contributed by atoms with Gasteiger partial charge in [0.25, 0.3) is 0 Å². The van der Waals surface area contributed by atoms with Gasteiger partial charge in [-0.05, 0) is 62.1 Å². The highest BCUT2D eigenvalue weighted by atomic mass is 32.2. The predicted molar refractivity (Wildman–Crippen MR) is 88.7 cm³/mol. The fourth-order valence-corrected chi connectivity index (χ4v) is 5.33. The minimum Gasteiger partial charge on any atom is -0.355 e. The lowest BCUT2D eigenvalue weighted by Gasteiger charge is -2.39. The summed E-state index contributed by atoms with van der Waals surface area (Å²) < 4.78 is 58.4. The summed E-state index contributed by atoms with van der Waals surface area (Å²) in [4.78, 5) is 6.57. The molecule has 1 saturated heterocycles. The van der Waals surface area contributed by atoms with Crippen LogP contribution in [0.3, 0.4) is 0 Å². The van der Waals surface area contributed by atoms with E-state index in [0.29, 0.717) is 35.0 Å². The molecule has 25 heavy (non-hydrogen) atoms. The Morgan fingerprint density at radius 1 is 1.16 bits per heavy atom. The van der Waals surface area contributed by atoms with E-state index < -0.39 is 24.0 Å². The van der Waals surface area contributed by atoms with Gasteiger partial charge in [-0.15, -0.1) is 0 Å². The molecule has 3 nitrogen and oxygen atoms in total. The van der Waals surface area contributed by atoms with Crippen molar-refractivity contribution in [2.75, 3.05) is 4.90 Å². The maximum absolute atomic E-state index is 14.1. The maximum Gasteiger partial charge on any atom is 0.409 e. The van der Waals surface area contributed by atoms with Gasteiger partial charge in [0.05, 0.1) is 10.6 Å². The van der Waals surface area contributed by atoms with Crippen LogP contribution < -0.4 is 9.62 Å². The quantitative estimate of drug-likeness (QED) is 0.598. The molecule has 1 aromatic carbocycles. The standard InChI is InChI=1S/C17H17F4N3S/c18-10-6-12(14-13(7-10)25-23-16(22-14)8-1-2-8)24-11-4-3-9(5-11)15(24)17(19,20)21/h6-9,11,15H,1-5H2,(H,22,23)/t9-,11+,15?/m0/s1. The molecule has 0 amide bonds. The van der Waals surface area contributed by atoms with Crippen molar-refractivity contribution in [3.8, 4) is 0 Å². The molecule has 1 unspecified atom stereocenters. The maximum atomic E-state index is 14.1. The Morgan fingerprint density at radius 3 is 2.68 bits per heavy atom. The first-order chi connectivity index (χ1) is 11.9. The van der Waals surface area contributed by atoms with Crippen LogP contribution in [0.25, 0.3) is 0 Å². The molecule has 2 aliphatic carbocycles. The van der Waals surface area contributed by atoms with Crippen molar-refractivity contribution in [3.63, 3.8) is 0 Å². The minimum absolute atomic E-state index is 0.179. The first-order valence-electron chi connectivity index (χ1n) is 8.62. The molecule has 2 aliphatic heterocycles. The summed E-state index contributed by atoms with van der Waals surface area (Å²) in [6, 6.07) is 0.872. The first kappa shape index (κ1) is 15.8. The smallest absolute Gasteiger partial charge is 0.355 e. The third-order valence-electron chi connectivity index (χ3n) is 5.68. The van der Waals surface area contributed by atoms with Crippen LogP contribution >= 0.6 is 11.9 Å². The van der Waals surface area contributed by atoms with Gasteiger partial charge in [0.1, 0.15) is 23.4 Å². The summed E-state index contributed by atoms with van der Waals surface area (Å²) in [6.45, 7) is 0. The zero-order valence-electron chi connectivity index (χ0n) is 13.3. The van der Waals surface area contributed by atoms with E-state index in [0.717, 1.165) is 25.1 Å². The summed E-state index contributed by atoms with van der Waals surface area (Å²) in [5, 5.41) is 0. The average Bonchev–Trinajstić information content (AvgIpc) is 3.20. The molecular formula is C17H17F4N3S. The van der Waals surface area contributed by atoms with Crippen molar-refractivity contribution in [3.05, 3.63) is 17.9 Å². The average molecular weight is 371 g/mol. The van der Waals surface area contributed by atoms with E-state index in [2.05, 4.69) is 9.71 Å². The lowest BCUT2D eigenvalue weighted by atomic mass is 9.97. The summed E-state index contributed by atoms with van der Waals surface area (Å²) in [5.74, 6) is 0.243. The van der Waals surface area contributed by atoms with E-state index >= 15 is 0 Å². The highest BCUT2D eigenvalue weighted by molar-refractivity contribution is 7.98. The SMILES string of the molecule is Fc1cc2c(c(N3C(C(F)(F)F)[C@H]4CC[C@@H]3C4)c1)N=C(C1CC1)NS2. The van der Waals surface area contributed by atoms with Crippen molar-refractivity contribution in [1.29, 1.82) is 0 Å². The van der Waals surface area contributed by atoms with Crippen molar-refractivity contribution in [2.45, 2.75) is 55.3 Å². The molecule has 2 bridgehead atoms. The van der Waals surface area contributed by atoms with Crippen LogP contribution in [0.15, 0.2) is 22.0 Å². The zero-order valence-corrected chi connectivity index (χ0v) is 14.1. The zero-order chi connectivity index (χ0) is 17.3. The molecule has 2 heterocycles. The Balaban J connectivity index is 1.63. The van der Waals surface area contributed by atoms with Crippen molar-refractivity contribution < 1.29 is 17.6 Å². The van der Waals surface area contributed by atoms with E-state index in [1.807, 2.05) is 0 Å². The number of fused-ring (bicyclic) bond motifs is 3. The van der Waals surface area contributed by atoms with Gasteiger partial charge in [-0.2, -0.15) is 13.2 Å². The molecule has 3 fully saturated rings. The molecule has 134 valence electrons. The Hall–Kier alpha value is -1.44. The third-order valence-corrected chi connectivity index (χ3v) is 6.52. The number of anilines is 1. The van der Waals surface area contributed by atoms with Gasteiger partial charge in [0.15, 0.2) is 0 Å². The molecule has 8 heteroatoms. The van der Waals surface area contributed by atoms with Gasteiger partial charge in [-0.1, -0.05) is 0 Å². The number of hydrogen-bond acceptors (Lipinski definition) is 4. The molecule has 1 N–H and O–H groups in total. The monoisotopic (exact) mass is 371 g/mol. The number of aliphatic imine (C=N–C) groups is 1. The predicted octanol–water partition coefficient (Wildman–Crippen LogP) is 4.80. The molecule has 0 aromatic heterocycles. The van der Waals surface area contributed by atoms with E-state index in [4.69, 9.17) is 0 Å². The van der Waals surface area contributed by atoms with Crippen LogP contribution in [0.2, 0.25) is 0 Å². The minimum atomic E-state index is -4.32. The van der Waals surface area contributed by atoms with Gasteiger partial charge < -0.3 is 9.62 Å². The van der Waals surface area contributed by atoms with E-state index in [1.165, 1.54) is 29.0 Å². The highest BCUT2D eigenvalue weighted by Crippen LogP contribution is 2.54. The number of benzene rings is 1. The Labute approximate surface area is 147 Å². The molecular weight excluding hydrogens is 354 g/mol. The van der Waals surface area contributed by atoms with Crippen LogP contribution in [-0.4, -0.2) is 24.1 Å². The van der Waals surface area contributed by atoms with Crippen LogP contribution in [0.1, 0.15) is 32.1 Å². The van der Waals surface area contributed by atoms with Crippen molar-refractivity contribution in [1.82, 2.24) is 4.72 Å². The van der Waals surface area contributed by atoms with Gasteiger partial charge >= 0.3 is 6.18 Å². The van der Waals surface area contributed by atoms with E-state index in [1.54, 1.807) is 0 Å². The normalized spacial score (nSPS) is 31.0. The van der Waals surface area contributed by atoms with Crippen LogP contribution in [-0.2, 0) is 0 Å². The molecule has 5 rings (SSSR count). The number of rotatable bonds is 2. The van der Waals surface area contributed by atoms with Crippen LogP contribution in [0, 0.1) is 17.7 Å². The number of nitrogens with zero attached hydrogens (tertiary/aromatic N) is 2. The van der Waals surface area contributed by atoms with Crippen LogP contribution in [0.4, 0.5) is 28.9 Å². The topological polar surface area (TPSA) is 27.6 Å². The lowest BCUT2D eigenvalue weighted by Crippen LogP contribution is -2.50. The molecule has 0 spiro atoms. The first-order valence-corrected chi connectivity index (χ1v) is 9.43. The highest BCUT2D eigenvalue weighted by Gasteiger charge is 2.58. The largest absolute Gasteiger partial charge is 0.409 e. The van der Waals surface area contributed by atoms with Crippen molar-refractivity contribution >= 4 is 29.2 Å². The molecule has 3 atom stereocenters. The molecule has 4 aliphatic rings. The lowest BCUT2D eigenvalue weighted by molar-refractivity contribution is -0.157. The van der Waals surface area contributed by atoms with Gasteiger partial charge in [-0.3, -0.25) is 0 Å². The molecule has 0 radical (unpaired) electrons. The second kappa shape index (κ2) is 5.28. The summed E-state index contributed by atoms with van der Waals surface area (Å²) in [7, 11) is 0. The summed E-state index contributed by atoms with van der Waals surface area (Å²) >= 11 is 1.25. The number of nitrogens with one attached hydrogen (secondary N) is 1. The summed E-state index contributed by atoms with van der Waals surface area (Å²) in [6.07, 6.45) is -0.388. The van der Waals surface area contributed by atoms with Gasteiger partial charge in [0, 0.05) is 12.0 Å². The number of hydrogen-bond donors (Lipinski definition) is 1. The van der Waals surface area contributed by atoms with Gasteiger partial charge in [-0.25, -0.2) is 9.38 Å². The molecule has 2 saturated carbocycles. The van der Waals surface area contributed by atoms with Crippen molar-refractivity contribution in [2.24, 2.45) is 16.8 Å². The van der Waals surface area contributed by atoms with Crippen LogP contribution in [0.5, 0.6) is 0 Å². The van der Waals surface area contributed by atoms with E-state index in [9.17, 15) is 17.6 Å². The second-order valence-electron chi connectivity index (χ2n) is 7.37. The van der Waals surface area contributed by atoms with Gasteiger partial charge in [0.2, 0.25) is 0 Å². The Bertz CT molecular complexity index is 759.